The molecule has 106 valence electrons. The van der Waals surface area contributed by atoms with E-state index in [9.17, 15) is 4.79 Å². The van der Waals surface area contributed by atoms with E-state index in [1.165, 1.54) is 5.56 Å². The van der Waals surface area contributed by atoms with Crippen molar-refractivity contribution < 1.29 is 9.32 Å². The molecule has 1 atom stereocenters. The SMILES string of the molecule is C[C@H](NCc1cc(SCc2ccccc2)no1)C(N)=O. The average Bonchev–Trinajstić information content (AvgIpc) is 2.91. The first kappa shape index (κ1) is 14.6. The van der Waals surface area contributed by atoms with Crippen LogP contribution in [-0.4, -0.2) is 17.1 Å². The molecule has 1 aromatic carbocycles. The van der Waals surface area contributed by atoms with Gasteiger partial charge in [-0.2, -0.15) is 0 Å². The van der Waals surface area contributed by atoms with Gasteiger partial charge in [-0.1, -0.05) is 47.3 Å². The Kier molecular flexibility index (Phi) is 5.20. The summed E-state index contributed by atoms with van der Waals surface area (Å²) < 4.78 is 5.20. The van der Waals surface area contributed by atoms with Gasteiger partial charge in [0, 0.05) is 11.8 Å². The number of nitrogens with zero attached hydrogens (tertiary/aromatic N) is 1. The molecule has 5 nitrogen and oxygen atoms in total. The van der Waals surface area contributed by atoms with E-state index in [-0.39, 0.29) is 11.9 Å². The van der Waals surface area contributed by atoms with Crippen molar-refractivity contribution in [2.24, 2.45) is 5.73 Å². The number of benzene rings is 1. The van der Waals surface area contributed by atoms with Crippen LogP contribution >= 0.6 is 11.8 Å². The Bertz CT molecular complexity index is 557. The second kappa shape index (κ2) is 7.12. The van der Waals surface area contributed by atoms with Gasteiger partial charge in [-0.05, 0) is 12.5 Å². The molecule has 0 fully saturated rings. The first-order valence-electron chi connectivity index (χ1n) is 6.30. The predicted molar refractivity (Wildman–Crippen MR) is 78.0 cm³/mol. The number of primary amides is 1. The van der Waals surface area contributed by atoms with Gasteiger partial charge in [0.05, 0.1) is 12.6 Å². The highest BCUT2D eigenvalue weighted by atomic mass is 32.2. The lowest BCUT2D eigenvalue weighted by atomic mass is 10.2. The number of nitrogens with one attached hydrogen (secondary N) is 1. The minimum Gasteiger partial charge on any atom is -0.368 e. The molecule has 0 aliphatic heterocycles. The van der Waals surface area contributed by atoms with Crippen LogP contribution in [-0.2, 0) is 17.1 Å². The minimum atomic E-state index is -0.388. The van der Waals surface area contributed by atoms with Crippen molar-refractivity contribution in [2.75, 3.05) is 0 Å². The fourth-order valence-electron chi connectivity index (χ4n) is 1.53. The first-order chi connectivity index (χ1) is 9.65. The molecule has 0 aliphatic rings. The predicted octanol–water partition coefficient (Wildman–Crippen LogP) is 1.93. The normalized spacial score (nSPS) is 12.2. The van der Waals surface area contributed by atoms with Gasteiger partial charge in [0.15, 0.2) is 5.76 Å². The van der Waals surface area contributed by atoms with Crippen LogP contribution in [0, 0.1) is 0 Å². The molecule has 0 aliphatic carbocycles. The number of nitrogens with two attached hydrogens (primary N) is 1. The average molecular weight is 291 g/mol. The Morgan fingerprint density at radius 2 is 2.20 bits per heavy atom. The molecule has 0 radical (unpaired) electrons. The summed E-state index contributed by atoms with van der Waals surface area (Å²) in [6.07, 6.45) is 0. The molecule has 1 heterocycles. The number of thioether (sulfide) groups is 1. The second-order valence-corrected chi connectivity index (χ2v) is 5.41. The van der Waals surface area contributed by atoms with Gasteiger partial charge < -0.3 is 10.3 Å². The Hall–Kier alpha value is -1.79. The quantitative estimate of drug-likeness (QED) is 0.762. The smallest absolute Gasteiger partial charge is 0.234 e. The largest absolute Gasteiger partial charge is 0.368 e. The number of aromatic nitrogens is 1. The molecule has 20 heavy (non-hydrogen) atoms. The summed E-state index contributed by atoms with van der Waals surface area (Å²) in [7, 11) is 0. The van der Waals surface area contributed by atoms with Crippen molar-refractivity contribution in [3.05, 3.63) is 47.7 Å². The Balaban J connectivity index is 1.82. The number of rotatable bonds is 7. The van der Waals surface area contributed by atoms with Crippen LogP contribution in [0.1, 0.15) is 18.2 Å². The van der Waals surface area contributed by atoms with E-state index in [2.05, 4.69) is 22.6 Å². The molecule has 0 spiro atoms. The van der Waals surface area contributed by atoms with Gasteiger partial charge in [0.1, 0.15) is 5.03 Å². The topological polar surface area (TPSA) is 81.2 Å². The molecule has 1 aromatic heterocycles. The molecule has 0 saturated heterocycles. The Morgan fingerprint density at radius 1 is 1.45 bits per heavy atom. The van der Waals surface area contributed by atoms with Crippen molar-refractivity contribution in [1.29, 1.82) is 0 Å². The fraction of sp³-hybridized carbons (Fsp3) is 0.286. The highest BCUT2D eigenvalue weighted by Gasteiger charge is 2.10. The van der Waals surface area contributed by atoms with E-state index in [0.29, 0.717) is 12.3 Å². The third-order valence-corrected chi connectivity index (χ3v) is 3.74. The van der Waals surface area contributed by atoms with Gasteiger partial charge in [0.2, 0.25) is 5.91 Å². The van der Waals surface area contributed by atoms with E-state index >= 15 is 0 Å². The first-order valence-corrected chi connectivity index (χ1v) is 7.28. The van der Waals surface area contributed by atoms with Crippen molar-refractivity contribution in [3.8, 4) is 0 Å². The number of carbonyl (C=O) groups is 1. The Labute approximate surface area is 121 Å². The Morgan fingerprint density at radius 3 is 2.90 bits per heavy atom. The van der Waals surface area contributed by atoms with Gasteiger partial charge in [-0.25, -0.2) is 0 Å². The van der Waals surface area contributed by atoms with E-state index in [1.807, 2.05) is 24.3 Å². The van der Waals surface area contributed by atoms with Crippen LogP contribution in [0.5, 0.6) is 0 Å². The minimum absolute atomic E-state index is 0.386. The van der Waals surface area contributed by atoms with Crippen LogP contribution in [0.15, 0.2) is 45.9 Å². The van der Waals surface area contributed by atoms with Gasteiger partial charge >= 0.3 is 0 Å². The summed E-state index contributed by atoms with van der Waals surface area (Å²) in [6.45, 7) is 2.15. The summed E-state index contributed by atoms with van der Waals surface area (Å²) in [4.78, 5) is 10.9. The third-order valence-electron chi connectivity index (χ3n) is 2.78. The van der Waals surface area contributed by atoms with E-state index in [1.54, 1.807) is 18.7 Å². The summed E-state index contributed by atoms with van der Waals surface area (Å²) >= 11 is 1.61. The van der Waals surface area contributed by atoms with Crippen molar-refractivity contribution >= 4 is 17.7 Å². The highest BCUT2D eigenvalue weighted by molar-refractivity contribution is 7.98. The summed E-state index contributed by atoms with van der Waals surface area (Å²) in [5.74, 6) is 1.15. The second-order valence-electron chi connectivity index (χ2n) is 4.41. The van der Waals surface area contributed by atoms with E-state index in [0.717, 1.165) is 10.8 Å². The zero-order valence-electron chi connectivity index (χ0n) is 11.2. The summed E-state index contributed by atoms with van der Waals surface area (Å²) in [5, 5.41) is 7.78. The van der Waals surface area contributed by atoms with E-state index < -0.39 is 0 Å². The molecule has 0 saturated carbocycles. The lowest BCUT2D eigenvalue weighted by Gasteiger charge is -2.06. The van der Waals surface area contributed by atoms with Crippen LogP contribution in [0.25, 0.3) is 0 Å². The van der Waals surface area contributed by atoms with Crippen LogP contribution in [0.4, 0.5) is 0 Å². The van der Waals surface area contributed by atoms with Crippen LogP contribution < -0.4 is 11.1 Å². The van der Waals surface area contributed by atoms with Crippen LogP contribution in [0.2, 0.25) is 0 Å². The standard InChI is InChI=1S/C14H17N3O2S/c1-10(14(15)18)16-8-12-7-13(17-19-12)20-9-11-5-3-2-4-6-11/h2-7,10,16H,8-9H2,1H3,(H2,15,18)/t10-/m0/s1. The maximum absolute atomic E-state index is 10.9. The molecule has 0 unspecified atom stereocenters. The molecule has 2 aromatic rings. The molecule has 3 N–H and O–H groups in total. The lowest BCUT2D eigenvalue weighted by Crippen LogP contribution is -2.38. The zero-order valence-corrected chi connectivity index (χ0v) is 12.0. The van der Waals surface area contributed by atoms with Crippen molar-refractivity contribution in [1.82, 2.24) is 10.5 Å². The van der Waals surface area contributed by atoms with Gasteiger partial charge in [-0.15, -0.1) is 0 Å². The van der Waals surface area contributed by atoms with Gasteiger partial charge in [-0.3, -0.25) is 10.1 Å². The fourth-order valence-corrected chi connectivity index (χ4v) is 2.34. The number of carbonyl (C=O) groups excluding carboxylic acids is 1. The number of hydrogen-bond acceptors (Lipinski definition) is 5. The maximum Gasteiger partial charge on any atom is 0.234 e. The zero-order chi connectivity index (χ0) is 14.4. The highest BCUT2D eigenvalue weighted by Crippen LogP contribution is 2.22. The molecular weight excluding hydrogens is 274 g/mol. The van der Waals surface area contributed by atoms with Crippen molar-refractivity contribution in [3.63, 3.8) is 0 Å². The maximum atomic E-state index is 10.9. The molecule has 6 heteroatoms. The number of hydrogen-bond donors (Lipinski definition) is 2. The van der Waals surface area contributed by atoms with Gasteiger partial charge in [0.25, 0.3) is 0 Å². The third kappa shape index (κ3) is 4.40. The number of amides is 1. The lowest BCUT2D eigenvalue weighted by molar-refractivity contribution is -0.119. The van der Waals surface area contributed by atoms with E-state index in [4.69, 9.17) is 10.3 Å². The molecule has 0 bridgehead atoms. The van der Waals surface area contributed by atoms with Crippen molar-refractivity contribution in [2.45, 2.75) is 30.3 Å². The summed E-state index contributed by atoms with van der Waals surface area (Å²) in [6, 6.07) is 11.6. The molecular formula is C14H17N3O2S. The summed E-state index contributed by atoms with van der Waals surface area (Å²) in [5.41, 5.74) is 6.40. The van der Waals surface area contributed by atoms with Crippen LogP contribution in [0.3, 0.4) is 0 Å². The molecule has 1 amide bonds. The monoisotopic (exact) mass is 291 g/mol. The molecule has 2 rings (SSSR count).